The summed E-state index contributed by atoms with van der Waals surface area (Å²) in [5.74, 6) is -1.40. The minimum absolute atomic E-state index is 0.122. The van der Waals surface area contributed by atoms with E-state index in [9.17, 15) is 9.59 Å². The number of nitrogens with zero attached hydrogens (tertiary/aromatic N) is 2. The van der Waals surface area contributed by atoms with Gasteiger partial charge in [0.1, 0.15) is 11.4 Å². The van der Waals surface area contributed by atoms with Crippen LogP contribution in [0.15, 0.2) is 42.5 Å². The Bertz CT molecular complexity index is 697. The molecule has 100 valence electrons. The quantitative estimate of drug-likeness (QED) is 0.904. The number of fused-ring (bicyclic) bond motifs is 1. The van der Waals surface area contributed by atoms with Crippen LogP contribution in [0.1, 0.15) is 26.5 Å². The van der Waals surface area contributed by atoms with E-state index in [1.54, 1.807) is 4.90 Å². The molecule has 1 aliphatic heterocycles. The predicted octanol–water partition coefficient (Wildman–Crippen LogP) is 1.98. The molecule has 5 nitrogen and oxygen atoms in total. The van der Waals surface area contributed by atoms with Gasteiger partial charge in [-0.3, -0.25) is 4.79 Å². The predicted molar refractivity (Wildman–Crippen MR) is 73.0 cm³/mol. The third kappa shape index (κ3) is 2.03. The van der Waals surface area contributed by atoms with Crippen molar-refractivity contribution in [2.24, 2.45) is 0 Å². The monoisotopic (exact) mass is 268 g/mol. The van der Waals surface area contributed by atoms with Gasteiger partial charge < -0.3 is 10.0 Å². The van der Waals surface area contributed by atoms with E-state index in [2.05, 4.69) is 4.98 Å². The summed E-state index contributed by atoms with van der Waals surface area (Å²) in [4.78, 5) is 28.9. The molecule has 1 aromatic heterocycles. The molecule has 0 unspecified atom stereocenters. The van der Waals surface area contributed by atoms with Gasteiger partial charge in [0.25, 0.3) is 5.91 Å². The Balaban J connectivity index is 1.95. The Morgan fingerprint density at radius 2 is 1.80 bits per heavy atom. The summed E-state index contributed by atoms with van der Waals surface area (Å²) in [5.41, 5.74) is 2.03. The lowest BCUT2D eigenvalue weighted by molar-refractivity contribution is 0.0690. The second kappa shape index (κ2) is 4.77. The number of para-hydroxylation sites is 1. The van der Waals surface area contributed by atoms with Gasteiger partial charge in [0.05, 0.1) is 0 Å². The van der Waals surface area contributed by atoms with E-state index in [0.29, 0.717) is 6.54 Å². The van der Waals surface area contributed by atoms with E-state index in [0.717, 1.165) is 17.7 Å². The maximum atomic E-state index is 12.5. The summed E-state index contributed by atoms with van der Waals surface area (Å²) < 4.78 is 0. The highest BCUT2D eigenvalue weighted by molar-refractivity contribution is 6.06. The van der Waals surface area contributed by atoms with E-state index >= 15 is 0 Å². The van der Waals surface area contributed by atoms with Crippen molar-refractivity contribution in [3.8, 4) is 0 Å². The first-order chi connectivity index (χ1) is 9.66. The van der Waals surface area contributed by atoms with Gasteiger partial charge in [0.2, 0.25) is 0 Å². The van der Waals surface area contributed by atoms with Gasteiger partial charge in [-0.05, 0) is 30.2 Å². The maximum absolute atomic E-state index is 12.5. The van der Waals surface area contributed by atoms with Crippen molar-refractivity contribution in [3.63, 3.8) is 0 Å². The lowest BCUT2D eigenvalue weighted by Crippen LogP contribution is -2.30. The first-order valence-electron chi connectivity index (χ1n) is 6.27. The fourth-order valence-electron chi connectivity index (χ4n) is 2.36. The minimum Gasteiger partial charge on any atom is -0.477 e. The fourth-order valence-corrected chi connectivity index (χ4v) is 2.36. The van der Waals surface area contributed by atoms with Gasteiger partial charge in [-0.25, -0.2) is 9.78 Å². The first-order valence-corrected chi connectivity index (χ1v) is 6.27. The Kier molecular flexibility index (Phi) is 2.95. The van der Waals surface area contributed by atoms with Crippen molar-refractivity contribution < 1.29 is 14.7 Å². The summed E-state index contributed by atoms with van der Waals surface area (Å²) in [6.45, 7) is 0.594. The molecule has 0 atom stereocenters. The first kappa shape index (κ1) is 12.3. The number of hydrogen-bond acceptors (Lipinski definition) is 3. The van der Waals surface area contributed by atoms with Crippen LogP contribution < -0.4 is 4.90 Å². The lowest BCUT2D eigenvalue weighted by atomic mass is 10.2. The van der Waals surface area contributed by atoms with Crippen LogP contribution in [0.5, 0.6) is 0 Å². The van der Waals surface area contributed by atoms with E-state index < -0.39 is 5.97 Å². The van der Waals surface area contributed by atoms with Crippen LogP contribution in [-0.2, 0) is 6.42 Å². The zero-order valence-corrected chi connectivity index (χ0v) is 10.6. The van der Waals surface area contributed by atoms with Crippen molar-refractivity contribution in [3.05, 3.63) is 59.4 Å². The highest BCUT2D eigenvalue weighted by Gasteiger charge is 2.26. The summed E-state index contributed by atoms with van der Waals surface area (Å²) in [7, 11) is 0. The van der Waals surface area contributed by atoms with Crippen molar-refractivity contribution in [1.29, 1.82) is 0 Å². The molecule has 1 N–H and O–H groups in total. The summed E-state index contributed by atoms with van der Waals surface area (Å²) >= 11 is 0. The van der Waals surface area contributed by atoms with Crippen LogP contribution in [0.4, 0.5) is 5.69 Å². The topological polar surface area (TPSA) is 70.5 Å². The van der Waals surface area contributed by atoms with Crippen LogP contribution in [-0.4, -0.2) is 28.5 Å². The van der Waals surface area contributed by atoms with Crippen LogP contribution in [0.2, 0.25) is 0 Å². The zero-order chi connectivity index (χ0) is 14.1. The van der Waals surface area contributed by atoms with E-state index in [1.807, 2.05) is 24.3 Å². The van der Waals surface area contributed by atoms with Crippen molar-refractivity contribution in [2.45, 2.75) is 6.42 Å². The van der Waals surface area contributed by atoms with Crippen LogP contribution >= 0.6 is 0 Å². The number of carbonyl (C=O) groups excluding carboxylic acids is 1. The highest BCUT2D eigenvalue weighted by atomic mass is 16.4. The molecule has 0 spiro atoms. The van der Waals surface area contributed by atoms with Crippen LogP contribution in [0.25, 0.3) is 0 Å². The molecule has 3 rings (SSSR count). The molecule has 0 aliphatic carbocycles. The number of carboxylic acids is 1. The zero-order valence-electron chi connectivity index (χ0n) is 10.6. The Morgan fingerprint density at radius 1 is 1.05 bits per heavy atom. The molecule has 1 amide bonds. The van der Waals surface area contributed by atoms with Gasteiger partial charge in [0.15, 0.2) is 0 Å². The van der Waals surface area contributed by atoms with Crippen molar-refractivity contribution in [2.75, 3.05) is 11.4 Å². The number of pyridine rings is 1. The smallest absolute Gasteiger partial charge is 0.354 e. The number of hydrogen-bond donors (Lipinski definition) is 1. The van der Waals surface area contributed by atoms with Crippen molar-refractivity contribution in [1.82, 2.24) is 4.98 Å². The summed E-state index contributed by atoms with van der Waals surface area (Å²) in [6.07, 6.45) is 0.806. The molecule has 2 heterocycles. The normalized spacial score (nSPS) is 13.1. The molecule has 0 saturated heterocycles. The Labute approximate surface area is 115 Å². The van der Waals surface area contributed by atoms with E-state index in [1.165, 1.54) is 18.2 Å². The fraction of sp³-hybridized carbons (Fsp3) is 0.133. The third-order valence-electron chi connectivity index (χ3n) is 3.32. The highest BCUT2D eigenvalue weighted by Crippen LogP contribution is 2.28. The number of anilines is 1. The minimum atomic E-state index is -1.14. The molecule has 5 heteroatoms. The summed E-state index contributed by atoms with van der Waals surface area (Å²) in [5, 5.41) is 8.93. The second-order valence-corrected chi connectivity index (χ2v) is 4.55. The number of rotatable bonds is 2. The number of aromatic nitrogens is 1. The molecule has 0 fully saturated rings. The molecule has 2 aromatic rings. The number of carboxylic acid groups (broad SMARTS) is 1. The molecule has 1 aliphatic rings. The standard InChI is InChI=1S/C15H12N2O3/c18-14(11-5-3-6-12(16-11)15(19)20)17-9-8-10-4-1-2-7-13(10)17/h1-7H,8-9H2,(H,19,20). The average Bonchev–Trinajstić information content (AvgIpc) is 2.90. The maximum Gasteiger partial charge on any atom is 0.354 e. The van der Waals surface area contributed by atoms with Gasteiger partial charge >= 0.3 is 5.97 Å². The van der Waals surface area contributed by atoms with Crippen molar-refractivity contribution >= 4 is 17.6 Å². The van der Waals surface area contributed by atoms with Gasteiger partial charge in [-0.15, -0.1) is 0 Å². The number of carbonyl (C=O) groups is 2. The lowest BCUT2D eigenvalue weighted by Gasteiger charge is -2.16. The summed E-state index contributed by atoms with van der Waals surface area (Å²) in [6, 6.07) is 12.1. The van der Waals surface area contributed by atoms with Crippen LogP contribution in [0, 0.1) is 0 Å². The van der Waals surface area contributed by atoms with Gasteiger partial charge in [-0.2, -0.15) is 0 Å². The molecule has 0 saturated carbocycles. The van der Waals surface area contributed by atoms with Gasteiger partial charge in [-0.1, -0.05) is 24.3 Å². The van der Waals surface area contributed by atoms with Crippen LogP contribution in [0.3, 0.4) is 0 Å². The number of amides is 1. The third-order valence-corrected chi connectivity index (χ3v) is 3.32. The molecule has 0 radical (unpaired) electrons. The Morgan fingerprint density at radius 3 is 2.60 bits per heavy atom. The Hall–Kier alpha value is -2.69. The van der Waals surface area contributed by atoms with E-state index in [-0.39, 0.29) is 17.3 Å². The average molecular weight is 268 g/mol. The molecular formula is C15H12N2O3. The number of aromatic carboxylic acids is 1. The molecule has 1 aromatic carbocycles. The number of benzene rings is 1. The molecular weight excluding hydrogens is 256 g/mol. The second-order valence-electron chi connectivity index (χ2n) is 4.55. The largest absolute Gasteiger partial charge is 0.477 e. The molecule has 0 bridgehead atoms. The molecule has 20 heavy (non-hydrogen) atoms. The SMILES string of the molecule is O=C(O)c1cccc(C(=O)N2CCc3ccccc32)n1. The van der Waals surface area contributed by atoms with E-state index in [4.69, 9.17) is 5.11 Å². The van der Waals surface area contributed by atoms with Gasteiger partial charge in [0, 0.05) is 12.2 Å².